The molecule has 0 saturated carbocycles. The molecule has 3 N–H and O–H groups in total. The molecule has 8 heteroatoms. The topological polar surface area (TPSA) is 106 Å². The first-order chi connectivity index (χ1) is 10.7. The molecule has 23 heavy (non-hydrogen) atoms. The quantitative estimate of drug-likeness (QED) is 0.817. The van der Waals surface area contributed by atoms with Crippen LogP contribution in [-0.4, -0.2) is 16.8 Å². The molecule has 0 atom stereocenters. The molecule has 0 amide bonds. The van der Waals surface area contributed by atoms with E-state index in [-0.39, 0.29) is 16.3 Å². The van der Waals surface area contributed by atoms with E-state index >= 15 is 0 Å². The van der Waals surface area contributed by atoms with Crippen LogP contribution in [0, 0.1) is 0 Å². The van der Waals surface area contributed by atoms with Gasteiger partial charge in [-0.3, -0.25) is 0 Å². The second kappa shape index (κ2) is 6.79. The number of nitrogens with one attached hydrogen (secondary N) is 1. The van der Waals surface area contributed by atoms with Gasteiger partial charge < -0.3 is 0 Å². The highest BCUT2D eigenvalue weighted by molar-refractivity contribution is 7.89. The van der Waals surface area contributed by atoms with E-state index in [9.17, 15) is 16.8 Å². The number of primary sulfonamides is 1. The number of aryl methyl sites for hydroxylation is 1. The van der Waals surface area contributed by atoms with Gasteiger partial charge in [0.25, 0.3) is 0 Å². The Labute approximate surface area is 136 Å². The molecule has 124 valence electrons. The summed E-state index contributed by atoms with van der Waals surface area (Å²) in [4.78, 5) is 0.176. The van der Waals surface area contributed by atoms with Gasteiger partial charge in [0, 0.05) is 6.54 Å². The van der Waals surface area contributed by atoms with Crippen molar-refractivity contribution in [2.24, 2.45) is 5.14 Å². The second-order valence-corrected chi connectivity index (χ2v) is 8.34. The van der Waals surface area contributed by atoms with Crippen molar-refractivity contribution in [2.45, 2.75) is 29.7 Å². The number of benzene rings is 2. The molecule has 0 fully saturated rings. The number of nitrogens with two attached hydrogens (primary N) is 1. The molecule has 0 aromatic heterocycles. The molecule has 0 bridgehead atoms. The van der Waals surface area contributed by atoms with E-state index in [0.717, 1.165) is 12.0 Å². The molecule has 2 aromatic rings. The average Bonchev–Trinajstić information content (AvgIpc) is 2.53. The van der Waals surface area contributed by atoms with Gasteiger partial charge in [-0.05, 0) is 41.8 Å². The van der Waals surface area contributed by atoms with Crippen LogP contribution in [0.25, 0.3) is 0 Å². The Hall–Kier alpha value is -1.74. The third-order valence-electron chi connectivity index (χ3n) is 3.36. The van der Waals surface area contributed by atoms with Crippen LogP contribution >= 0.6 is 0 Å². The standard InChI is InChI=1S/C15H18N2O4S2/c1-2-12-3-9-15(10-4-12)23(20,21)17-11-13-5-7-14(8-6-13)22(16,18)19/h3-10,17H,2,11H2,1H3,(H2,16,18,19). The first-order valence-electron chi connectivity index (χ1n) is 6.93. The SMILES string of the molecule is CCc1ccc(S(=O)(=O)NCc2ccc(S(N)(=O)=O)cc2)cc1. The molecule has 0 radical (unpaired) electrons. The van der Waals surface area contributed by atoms with Crippen LogP contribution in [0.2, 0.25) is 0 Å². The van der Waals surface area contributed by atoms with Gasteiger partial charge in [-0.2, -0.15) is 0 Å². The molecule has 0 spiro atoms. The molecular formula is C15H18N2O4S2. The summed E-state index contributed by atoms with van der Waals surface area (Å²) in [6, 6.07) is 12.4. The second-order valence-electron chi connectivity index (χ2n) is 5.01. The summed E-state index contributed by atoms with van der Waals surface area (Å²) in [6.45, 7) is 2.05. The summed E-state index contributed by atoms with van der Waals surface area (Å²) >= 11 is 0. The molecule has 0 aliphatic heterocycles. The molecule has 0 unspecified atom stereocenters. The molecule has 6 nitrogen and oxygen atoms in total. The zero-order valence-electron chi connectivity index (χ0n) is 12.6. The lowest BCUT2D eigenvalue weighted by molar-refractivity contribution is 0.581. The van der Waals surface area contributed by atoms with Crippen molar-refractivity contribution in [3.63, 3.8) is 0 Å². The van der Waals surface area contributed by atoms with Gasteiger partial charge in [-0.25, -0.2) is 26.7 Å². The van der Waals surface area contributed by atoms with Gasteiger partial charge in [0.2, 0.25) is 20.0 Å². The Kier molecular flexibility index (Phi) is 5.20. The van der Waals surface area contributed by atoms with Crippen LogP contribution in [0.1, 0.15) is 18.1 Å². The molecule has 2 rings (SSSR count). The fraction of sp³-hybridized carbons (Fsp3) is 0.200. The van der Waals surface area contributed by atoms with Crippen LogP contribution in [0.3, 0.4) is 0 Å². The first-order valence-corrected chi connectivity index (χ1v) is 9.95. The van der Waals surface area contributed by atoms with E-state index in [4.69, 9.17) is 5.14 Å². The van der Waals surface area contributed by atoms with Crippen molar-refractivity contribution in [3.8, 4) is 0 Å². The molecule has 0 aliphatic carbocycles. The van der Waals surface area contributed by atoms with Crippen molar-refractivity contribution in [1.82, 2.24) is 4.72 Å². The first kappa shape index (κ1) is 17.6. The van der Waals surface area contributed by atoms with Gasteiger partial charge in [0.15, 0.2) is 0 Å². The van der Waals surface area contributed by atoms with Gasteiger partial charge >= 0.3 is 0 Å². The number of hydrogen-bond acceptors (Lipinski definition) is 4. The molecule has 2 aromatic carbocycles. The summed E-state index contributed by atoms with van der Waals surface area (Å²) < 4.78 is 49.2. The van der Waals surface area contributed by atoms with E-state index in [2.05, 4.69) is 4.72 Å². The highest BCUT2D eigenvalue weighted by atomic mass is 32.2. The highest BCUT2D eigenvalue weighted by Crippen LogP contribution is 2.13. The van der Waals surface area contributed by atoms with Crippen LogP contribution in [0.4, 0.5) is 0 Å². The maximum atomic E-state index is 12.2. The number of sulfonamides is 2. The Morgan fingerprint density at radius 3 is 1.78 bits per heavy atom. The Morgan fingerprint density at radius 2 is 1.30 bits per heavy atom. The van der Waals surface area contributed by atoms with E-state index in [1.54, 1.807) is 24.3 Å². The minimum absolute atomic E-state index is 0.0146. The molecule has 0 heterocycles. The summed E-state index contributed by atoms with van der Waals surface area (Å²) in [6.07, 6.45) is 0.837. The van der Waals surface area contributed by atoms with Crippen molar-refractivity contribution in [1.29, 1.82) is 0 Å². The van der Waals surface area contributed by atoms with Gasteiger partial charge in [0.05, 0.1) is 9.79 Å². The van der Waals surface area contributed by atoms with Crippen LogP contribution in [-0.2, 0) is 33.0 Å². The monoisotopic (exact) mass is 354 g/mol. The van der Waals surface area contributed by atoms with E-state index in [1.807, 2.05) is 6.92 Å². The van der Waals surface area contributed by atoms with Crippen molar-refractivity contribution in [3.05, 3.63) is 59.7 Å². The lowest BCUT2D eigenvalue weighted by Gasteiger charge is -2.08. The summed E-state index contributed by atoms with van der Waals surface area (Å²) in [5, 5.41) is 5.01. The zero-order chi connectivity index (χ0) is 17.1. The fourth-order valence-corrected chi connectivity index (χ4v) is 3.50. The smallest absolute Gasteiger partial charge is 0.225 e. The molecular weight excluding hydrogens is 336 g/mol. The van der Waals surface area contributed by atoms with Gasteiger partial charge in [-0.15, -0.1) is 0 Å². The average molecular weight is 354 g/mol. The van der Waals surface area contributed by atoms with Crippen molar-refractivity contribution in [2.75, 3.05) is 0 Å². The Bertz CT molecular complexity index is 872. The van der Waals surface area contributed by atoms with E-state index < -0.39 is 20.0 Å². The van der Waals surface area contributed by atoms with Gasteiger partial charge in [0.1, 0.15) is 0 Å². The number of hydrogen-bond donors (Lipinski definition) is 2. The summed E-state index contributed by atoms with van der Waals surface area (Å²) in [7, 11) is -7.37. The highest BCUT2D eigenvalue weighted by Gasteiger charge is 2.14. The predicted molar refractivity (Wildman–Crippen MR) is 87.7 cm³/mol. The van der Waals surface area contributed by atoms with E-state index in [1.165, 1.54) is 24.3 Å². The minimum atomic E-state index is -3.75. The van der Waals surface area contributed by atoms with Crippen LogP contribution < -0.4 is 9.86 Å². The maximum absolute atomic E-state index is 12.2. The fourth-order valence-electron chi connectivity index (χ4n) is 1.96. The van der Waals surface area contributed by atoms with Crippen molar-refractivity contribution >= 4 is 20.0 Å². The predicted octanol–water partition coefficient (Wildman–Crippen LogP) is 1.37. The maximum Gasteiger partial charge on any atom is 0.240 e. The Balaban J connectivity index is 2.09. The molecule has 0 saturated heterocycles. The lowest BCUT2D eigenvalue weighted by Crippen LogP contribution is -2.23. The third kappa shape index (κ3) is 4.61. The van der Waals surface area contributed by atoms with E-state index in [0.29, 0.717) is 5.56 Å². The Morgan fingerprint density at radius 1 is 0.826 bits per heavy atom. The largest absolute Gasteiger partial charge is 0.240 e. The summed E-state index contributed by atoms with van der Waals surface area (Å²) in [5.41, 5.74) is 1.69. The third-order valence-corrected chi connectivity index (χ3v) is 5.71. The van der Waals surface area contributed by atoms with Gasteiger partial charge in [-0.1, -0.05) is 31.2 Å². The normalized spacial score (nSPS) is 12.3. The lowest BCUT2D eigenvalue weighted by atomic mass is 10.2. The zero-order valence-corrected chi connectivity index (χ0v) is 14.2. The van der Waals surface area contributed by atoms with Crippen LogP contribution in [0.5, 0.6) is 0 Å². The van der Waals surface area contributed by atoms with Crippen molar-refractivity contribution < 1.29 is 16.8 Å². The number of rotatable bonds is 6. The molecule has 0 aliphatic rings. The van der Waals surface area contributed by atoms with Crippen LogP contribution in [0.15, 0.2) is 58.3 Å². The minimum Gasteiger partial charge on any atom is -0.225 e. The summed E-state index contributed by atoms with van der Waals surface area (Å²) in [5.74, 6) is 0.